The summed E-state index contributed by atoms with van der Waals surface area (Å²) in [6.45, 7) is 0. The highest BCUT2D eigenvalue weighted by molar-refractivity contribution is 6.09. The van der Waals surface area contributed by atoms with Gasteiger partial charge in [-0.15, -0.1) is 5.12 Å². The van der Waals surface area contributed by atoms with Crippen LogP contribution in [0.15, 0.2) is 41.5 Å². The van der Waals surface area contributed by atoms with Gasteiger partial charge in [-0.25, -0.2) is 18.0 Å². The Bertz CT molecular complexity index is 1040. The third-order valence-electron chi connectivity index (χ3n) is 4.64. The maximum absolute atomic E-state index is 14.6. The fourth-order valence-electron chi connectivity index (χ4n) is 3.26. The van der Waals surface area contributed by atoms with Crippen molar-refractivity contribution in [3.63, 3.8) is 0 Å². The predicted molar refractivity (Wildman–Crippen MR) is 95.4 cm³/mol. The van der Waals surface area contributed by atoms with Gasteiger partial charge in [0.15, 0.2) is 23.1 Å². The van der Waals surface area contributed by atoms with Crippen molar-refractivity contribution in [1.29, 1.82) is 0 Å². The van der Waals surface area contributed by atoms with E-state index in [0.29, 0.717) is 6.07 Å². The normalized spacial score (nSPS) is 13.6. The number of carboxylic acid groups (broad SMARTS) is 1. The molecule has 152 valence electrons. The number of carboxylic acids is 1. The summed E-state index contributed by atoms with van der Waals surface area (Å²) in [5, 5.41) is 8.19. The van der Waals surface area contributed by atoms with Crippen LogP contribution >= 0.6 is 0 Å². The second kappa shape index (κ2) is 7.94. The largest absolute Gasteiger partial charge is 0.496 e. The Morgan fingerprint density at radius 2 is 1.69 bits per heavy atom. The molecule has 0 aromatic heterocycles. The summed E-state index contributed by atoms with van der Waals surface area (Å²) >= 11 is 0. The minimum absolute atomic E-state index is 0.0241. The number of methoxy groups -OCH3 is 1. The van der Waals surface area contributed by atoms with Gasteiger partial charge in [0.05, 0.1) is 7.11 Å². The number of rotatable bonds is 5. The highest BCUT2D eigenvalue weighted by Crippen LogP contribution is 2.38. The summed E-state index contributed by atoms with van der Waals surface area (Å²) in [4.78, 5) is 23.4. The van der Waals surface area contributed by atoms with Crippen molar-refractivity contribution in [3.05, 3.63) is 58.9 Å². The van der Waals surface area contributed by atoms with Gasteiger partial charge < -0.3 is 9.84 Å². The second-order valence-electron chi connectivity index (χ2n) is 6.28. The number of aliphatic carboxylic acids is 1. The van der Waals surface area contributed by atoms with Gasteiger partial charge in [0, 0.05) is 22.3 Å². The zero-order valence-electron chi connectivity index (χ0n) is 15.1. The molecule has 0 atom stereocenters. The van der Waals surface area contributed by atoms with Gasteiger partial charge in [-0.05, 0) is 31.4 Å². The van der Waals surface area contributed by atoms with E-state index >= 15 is 0 Å². The number of para-hydroxylation sites is 1. The molecular weight excluding hydrogens is 394 g/mol. The molecule has 9 heteroatoms. The van der Waals surface area contributed by atoms with Gasteiger partial charge >= 0.3 is 5.97 Å². The molecule has 3 rings (SSSR count). The van der Waals surface area contributed by atoms with E-state index in [9.17, 15) is 27.2 Å². The summed E-state index contributed by atoms with van der Waals surface area (Å²) < 4.78 is 63.4. The monoisotopic (exact) mass is 409 g/mol. The van der Waals surface area contributed by atoms with Crippen LogP contribution in [0.3, 0.4) is 0 Å². The van der Waals surface area contributed by atoms with Crippen molar-refractivity contribution in [1.82, 2.24) is 0 Å². The van der Waals surface area contributed by atoms with Crippen LogP contribution in [0.2, 0.25) is 0 Å². The Hall–Kier alpha value is -3.36. The SMILES string of the molecule is COc1ccccc1-c1cc(F)c(N(F)C(=O)C2=C(C(=O)O)CCC2)c(F)c1F. The molecule has 0 aliphatic heterocycles. The molecule has 0 radical (unpaired) electrons. The van der Waals surface area contributed by atoms with E-state index < -0.39 is 51.3 Å². The number of hydrogen-bond donors (Lipinski definition) is 1. The lowest BCUT2D eigenvalue weighted by Crippen LogP contribution is -2.27. The lowest BCUT2D eigenvalue weighted by molar-refractivity contribution is -0.133. The lowest BCUT2D eigenvalue weighted by atomic mass is 10.0. The van der Waals surface area contributed by atoms with Gasteiger partial charge in [0.2, 0.25) is 0 Å². The third-order valence-corrected chi connectivity index (χ3v) is 4.64. The second-order valence-corrected chi connectivity index (χ2v) is 6.28. The van der Waals surface area contributed by atoms with Crippen LogP contribution in [0.5, 0.6) is 5.75 Å². The minimum Gasteiger partial charge on any atom is -0.496 e. The molecular formula is C20H15F4NO4. The first kappa shape index (κ1) is 20.4. The first-order chi connectivity index (χ1) is 13.8. The number of hydrogen-bond acceptors (Lipinski definition) is 3. The summed E-state index contributed by atoms with van der Waals surface area (Å²) in [6, 6.07) is 6.41. The van der Waals surface area contributed by atoms with Crippen molar-refractivity contribution in [2.75, 3.05) is 12.2 Å². The molecule has 2 aromatic carbocycles. The highest BCUT2D eigenvalue weighted by atomic mass is 19.2. The van der Waals surface area contributed by atoms with Gasteiger partial charge in [0.25, 0.3) is 5.91 Å². The van der Waals surface area contributed by atoms with Crippen molar-refractivity contribution in [2.24, 2.45) is 0 Å². The summed E-state index contributed by atoms with van der Waals surface area (Å²) in [6.07, 6.45) is 0.241. The molecule has 0 spiro atoms. The Morgan fingerprint density at radius 3 is 2.34 bits per heavy atom. The Kier molecular flexibility index (Phi) is 5.58. The number of amides is 1. The molecule has 5 nitrogen and oxygen atoms in total. The number of benzene rings is 2. The Labute approximate surface area is 162 Å². The molecule has 0 fully saturated rings. The molecule has 0 saturated heterocycles. The third kappa shape index (κ3) is 3.55. The number of carbonyl (C=O) groups excluding carboxylic acids is 1. The lowest BCUT2D eigenvalue weighted by Gasteiger charge is -2.17. The van der Waals surface area contributed by atoms with E-state index in [2.05, 4.69) is 0 Å². The number of carbonyl (C=O) groups is 2. The molecule has 0 heterocycles. The molecule has 0 bridgehead atoms. The first-order valence-corrected chi connectivity index (χ1v) is 8.54. The minimum atomic E-state index is -1.92. The molecule has 0 unspecified atom stereocenters. The number of nitrogens with zero attached hydrogens (tertiary/aromatic N) is 1. The van der Waals surface area contributed by atoms with Crippen LogP contribution in [-0.4, -0.2) is 24.1 Å². The van der Waals surface area contributed by atoms with Gasteiger partial charge in [-0.2, -0.15) is 0 Å². The number of ether oxygens (including phenoxy) is 1. The number of anilines is 1. The average molecular weight is 409 g/mol. The van der Waals surface area contributed by atoms with Crippen LogP contribution in [0.4, 0.5) is 23.3 Å². The number of halogens is 4. The van der Waals surface area contributed by atoms with Gasteiger partial charge in [-0.1, -0.05) is 22.7 Å². The average Bonchev–Trinajstić information content (AvgIpc) is 3.20. The van der Waals surface area contributed by atoms with Crippen molar-refractivity contribution in [2.45, 2.75) is 19.3 Å². The maximum Gasteiger partial charge on any atom is 0.332 e. The predicted octanol–water partition coefficient (Wildman–Crippen LogP) is 4.56. The van der Waals surface area contributed by atoms with E-state index in [1.165, 1.54) is 25.3 Å². The summed E-state index contributed by atoms with van der Waals surface area (Å²) in [5.41, 5.74) is -2.78. The Balaban J connectivity index is 2.08. The molecule has 1 N–H and O–H groups in total. The summed E-state index contributed by atoms with van der Waals surface area (Å²) in [7, 11) is 1.29. The standard InChI is InChI=1S/C20H15F4NO4/c1-29-15-8-3-2-5-10(15)13-9-14(21)18(17(23)16(13)22)25(24)19(26)11-6-4-7-12(11)20(27)28/h2-3,5,8-9H,4,6-7H2,1H3,(H,27,28). The topological polar surface area (TPSA) is 66.8 Å². The first-order valence-electron chi connectivity index (χ1n) is 8.54. The molecule has 1 aliphatic carbocycles. The molecule has 1 aliphatic rings. The molecule has 2 aromatic rings. The Morgan fingerprint density at radius 1 is 1.03 bits per heavy atom. The van der Waals surface area contributed by atoms with Crippen LogP contribution < -0.4 is 9.86 Å². The van der Waals surface area contributed by atoms with Crippen LogP contribution in [-0.2, 0) is 9.59 Å². The fraction of sp³-hybridized carbons (Fsp3) is 0.200. The van der Waals surface area contributed by atoms with Crippen molar-refractivity contribution in [3.8, 4) is 16.9 Å². The van der Waals surface area contributed by atoms with Crippen molar-refractivity contribution >= 4 is 17.6 Å². The zero-order chi connectivity index (χ0) is 21.3. The van der Waals surface area contributed by atoms with Crippen LogP contribution in [0, 0.1) is 17.5 Å². The smallest absolute Gasteiger partial charge is 0.332 e. The van der Waals surface area contributed by atoms with Gasteiger partial charge in [-0.3, -0.25) is 4.79 Å². The zero-order valence-corrected chi connectivity index (χ0v) is 15.1. The fourth-order valence-corrected chi connectivity index (χ4v) is 3.26. The molecule has 1 amide bonds. The maximum atomic E-state index is 14.6. The highest BCUT2D eigenvalue weighted by Gasteiger charge is 2.34. The van der Waals surface area contributed by atoms with E-state index in [-0.39, 0.29) is 36.1 Å². The summed E-state index contributed by atoms with van der Waals surface area (Å²) in [5.74, 6) is -7.86. The molecule has 0 saturated carbocycles. The van der Waals surface area contributed by atoms with E-state index in [1.54, 1.807) is 6.07 Å². The van der Waals surface area contributed by atoms with E-state index in [1.807, 2.05) is 0 Å². The van der Waals surface area contributed by atoms with Crippen LogP contribution in [0.1, 0.15) is 19.3 Å². The quantitative estimate of drug-likeness (QED) is 0.447. The van der Waals surface area contributed by atoms with E-state index in [4.69, 9.17) is 9.84 Å². The van der Waals surface area contributed by atoms with Crippen LogP contribution in [0.25, 0.3) is 11.1 Å². The van der Waals surface area contributed by atoms with E-state index in [0.717, 1.165) is 0 Å². The molecule has 29 heavy (non-hydrogen) atoms. The van der Waals surface area contributed by atoms with Crippen molar-refractivity contribution < 1.29 is 37.1 Å². The van der Waals surface area contributed by atoms with Gasteiger partial charge in [0.1, 0.15) is 5.75 Å².